The highest BCUT2D eigenvalue weighted by atomic mass is 16.6. The Kier molecular flexibility index (Phi) is 4.74. The number of ether oxygens (including phenoxy) is 1. The Balaban J connectivity index is 2.39. The van der Waals surface area contributed by atoms with Crippen molar-refractivity contribution in [3.8, 4) is 0 Å². The van der Waals surface area contributed by atoms with Gasteiger partial charge in [-0.25, -0.2) is 4.79 Å². The highest BCUT2D eigenvalue weighted by molar-refractivity contribution is 5.93. The molecule has 19 heavy (non-hydrogen) atoms. The fourth-order valence-corrected chi connectivity index (χ4v) is 1.79. The molecule has 0 aromatic rings. The zero-order valence-corrected chi connectivity index (χ0v) is 11.4. The maximum Gasteiger partial charge on any atom is 0.410 e. The SMILES string of the molecule is CC(C)(C)OC(=O)N1CCC(NC(=O)CC(=O)O)C1. The van der Waals surface area contributed by atoms with Gasteiger partial charge in [-0.3, -0.25) is 9.59 Å². The number of carboxylic acid groups (broad SMARTS) is 1. The third-order valence-electron chi connectivity index (χ3n) is 2.52. The Morgan fingerprint density at radius 3 is 2.53 bits per heavy atom. The molecule has 1 fully saturated rings. The van der Waals surface area contributed by atoms with E-state index in [-0.39, 0.29) is 6.04 Å². The van der Waals surface area contributed by atoms with Gasteiger partial charge in [0, 0.05) is 19.1 Å². The molecule has 2 N–H and O–H groups in total. The molecule has 0 saturated carbocycles. The summed E-state index contributed by atoms with van der Waals surface area (Å²) in [5.74, 6) is -1.71. The number of hydrogen-bond acceptors (Lipinski definition) is 4. The van der Waals surface area contributed by atoms with Gasteiger partial charge >= 0.3 is 12.1 Å². The Labute approximate surface area is 111 Å². The lowest BCUT2D eigenvalue weighted by molar-refractivity contribution is -0.140. The number of amides is 2. The molecule has 7 heteroatoms. The first-order valence-corrected chi connectivity index (χ1v) is 6.16. The van der Waals surface area contributed by atoms with Gasteiger partial charge in [0.25, 0.3) is 0 Å². The molecule has 108 valence electrons. The predicted molar refractivity (Wildman–Crippen MR) is 66.6 cm³/mol. The van der Waals surface area contributed by atoms with Crippen LogP contribution in [0.25, 0.3) is 0 Å². The Morgan fingerprint density at radius 2 is 2.00 bits per heavy atom. The second kappa shape index (κ2) is 5.90. The van der Waals surface area contributed by atoms with Gasteiger partial charge in [0.2, 0.25) is 5.91 Å². The molecule has 1 aliphatic rings. The van der Waals surface area contributed by atoms with Crippen LogP contribution in [0.2, 0.25) is 0 Å². The van der Waals surface area contributed by atoms with Crippen LogP contribution in [0, 0.1) is 0 Å². The smallest absolute Gasteiger partial charge is 0.410 e. The monoisotopic (exact) mass is 272 g/mol. The molecular formula is C12H20N2O5. The van der Waals surface area contributed by atoms with E-state index in [4.69, 9.17) is 9.84 Å². The van der Waals surface area contributed by atoms with Gasteiger partial charge in [0.1, 0.15) is 12.0 Å². The van der Waals surface area contributed by atoms with Crippen molar-refractivity contribution >= 4 is 18.0 Å². The second-order valence-corrected chi connectivity index (χ2v) is 5.55. The largest absolute Gasteiger partial charge is 0.481 e. The van der Waals surface area contributed by atoms with E-state index in [1.54, 1.807) is 20.8 Å². The zero-order chi connectivity index (χ0) is 14.6. The molecule has 7 nitrogen and oxygen atoms in total. The number of likely N-dealkylation sites (tertiary alicyclic amines) is 1. The predicted octanol–water partition coefficient (Wildman–Crippen LogP) is 0.587. The van der Waals surface area contributed by atoms with E-state index >= 15 is 0 Å². The van der Waals surface area contributed by atoms with E-state index in [0.717, 1.165) is 0 Å². The van der Waals surface area contributed by atoms with Crippen molar-refractivity contribution < 1.29 is 24.2 Å². The molecule has 0 radical (unpaired) electrons. The molecule has 1 heterocycles. The van der Waals surface area contributed by atoms with Crippen LogP contribution < -0.4 is 5.32 Å². The molecule has 0 aliphatic carbocycles. The number of hydrogen-bond donors (Lipinski definition) is 2. The number of rotatable bonds is 3. The van der Waals surface area contributed by atoms with E-state index < -0.39 is 30.0 Å². The van der Waals surface area contributed by atoms with Gasteiger partial charge in [0.15, 0.2) is 0 Å². The van der Waals surface area contributed by atoms with Crippen LogP contribution in [0.4, 0.5) is 4.79 Å². The number of carboxylic acids is 1. The summed E-state index contributed by atoms with van der Waals surface area (Å²) < 4.78 is 5.22. The summed E-state index contributed by atoms with van der Waals surface area (Å²) in [6.07, 6.45) is -0.365. The van der Waals surface area contributed by atoms with E-state index in [0.29, 0.717) is 19.5 Å². The minimum atomic E-state index is -1.17. The van der Waals surface area contributed by atoms with E-state index in [1.165, 1.54) is 4.90 Å². The molecule has 1 atom stereocenters. The average Bonchev–Trinajstić information content (AvgIpc) is 2.61. The molecular weight excluding hydrogens is 252 g/mol. The van der Waals surface area contributed by atoms with Crippen molar-refractivity contribution in [2.75, 3.05) is 13.1 Å². The van der Waals surface area contributed by atoms with Crippen LogP contribution >= 0.6 is 0 Å². The first-order chi connectivity index (χ1) is 8.67. The standard InChI is InChI=1S/C12H20N2O5/c1-12(2,3)19-11(18)14-5-4-8(7-14)13-9(15)6-10(16)17/h8H,4-7H2,1-3H3,(H,13,15)(H,16,17). The second-order valence-electron chi connectivity index (χ2n) is 5.55. The highest BCUT2D eigenvalue weighted by Gasteiger charge is 2.30. The summed E-state index contributed by atoms with van der Waals surface area (Å²) in [7, 11) is 0. The number of carbonyl (C=O) groups is 3. The summed E-state index contributed by atoms with van der Waals surface area (Å²) in [4.78, 5) is 34.9. The quantitative estimate of drug-likeness (QED) is 0.733. The number of nitrogens with zero attached hydrogens (tertiary/aromatic N) is 1. The van der Waals surface area contributed by atoms with Crippen molar-refractivity contribution in [3.63, 3.8) is 0 Å². The lowest BCUT2D eigenvalue weighted by atomic mass is 10.2. The maximum absolute atomic E-state index is 11.8. The summed E-state index contributed by atoms with van der Waals surface area (Å²) >= 11 is 0. The van der Waals surface area contributed by atoms with E-state index in [9.17, 15) is 14.4 Å². The summed E-state index contributed by atoms with van der Waals surface area (Å²) in [5.41, 5.74) is -0.554. The van der Waals surface area contributed by atoms with Crippen LogP contribution in [-0.2, 0) is 14.3 Å². The van der Waals surface area contributed by atoms with Gasteiger partial charge in [-0.05, 0) is 27.2 Å². The molecule has 1 unspecified atom stereocenters. The Morgan fingerprint density at radius 1 is 1.37 bits per heavy atom. The summed E-state index contributed by atoms with van der Waals surface area (Å²) in [5, 5.41) is 11.1. The third kappa shape index (κ3) is 5.58. The van der Waals surface area contributed by atoms with Crippen molar-refractivity contribution in [1.82, 2.24) is 10.2 Å². The van der Waals surface area contributed by atoms with Crippen molar-refractivity contribution in [2.24, 2.45) is 0 Å². The van der Waals surface area contributed by atoms with Crippen LogP contribution in [0.5, 0.6) is 0 Å². The number of aliphatic carboxylic acids is 1. The third-order valence-corrected chi connectivity index (χ3v) is 2.52. The first-order valence-electron chi connectivity index (χ1n) is 6.16. The Bertz CT molecular complexity index is 375. The molecule has 1 rings (SSSR count). The maximum atomic E-state index is 11.8. The minimum Gasteiger partial charge on any atom is -0.481 e. The molecule has 0 spiro atoms. The van der Waals surface area contributed by atoms with Crippen LogP contribution in [0.15, 0.2) is 0 Å². The topological polar surface area (TPSA) is 95.9 Å². The average molecular weight is 272 g/mol. The fourth-order valence-electron chi connectivity index (χ4n) is 1.79. The summed E-state index contributed by atoms with van der Waals surface area (Å²) in [6.45, 7) is 6.19. The molecule has 0 bridgehead atoms. The fraction of sp³-hybridized carbons (Fsp3) is 0.750. The van der Waals surface area contributed by atoms with Gasteiger partial charge in [0.05, 0.1) is 0 Å². The van der Waals surface area contributed by atoms with E-state index in [1.807, 2.05) is 0 Å². The van der Waals surface area contributed by atoms with Crippen LogP contribution in [-0.4, -0.2) is 52.7 Å². The normalized spacial score (nSPS) is 19.1. The molecule has 0 aromatic carbocycles. The summed E-state index contributed by atoms with van der Waals surface area (Å²) in [6, 6.07) is -0.209. The first kappa shape index (κ1) is 15.3. The minimum absolute atomic E-state index is 0.209. The van der Waals surface area contributed by atoms with Crippen molar-refractivity contribution in [3.05, 3.63) is 0 Å². The molecule has 1 saturated heterocycles. The Hall–Kier alpha value is -1.79. The molecule has 2 amide bonds. The van der Waals surface area contributed by atoms with Gasteiger partial charge in [-0.15, -0.1) is 0 Å². The zero-order valence-electron chi connectivity index (χ0n) is 11.4. The molecule has 1 aliphatic heterocycles. The number of carbonyl (C=O) groups excluding carboxylic acids is 2. The van der Waals surface area contributed by atoms with Crippen LogP contribution in [0.3, 0.4) is 0 Å². The van der Waals surface area contributed by atoms with E-state index in [2.05, 4.69) is 5.32 Å². The lowest BCUT2D eigenvalue weighted by Crippen LogP contribution is -2.40. The van der Waals surface area contributed by atoms with Gasteiger partial charge < -0.3 is 20.1 Å². The lowest BCUT2D eigenvalue weighted by Gasteiger charge is -2.24. The highest BCUT2D eigenvalue weighted by Crippen LogP contribution is 2.15. The van der Waals surface area contributed by atoms with Crippen LogP contribution in [0.1, 0.15) is 33.6 Å². The number of nitrogens with one attached hydrogen (secondary N) is 1. The van der Waals surface area contributed by atoms with Crippen molar-refractivity contribution in [2.45, 2.75) is 45.3 Å². The van der Waals surface area contributed by atoms with Crippen molar-refractivity contribution in [1.29, 1.82) is 0 Å². The van der Waals surface area contributed by atoms with Gasteiger partial charge in [-0.1, -0.05) is 0 Å². The molecule has 0 aromatic heterocycles. The van der Waals surface area contributed by atoms with Gasteiger partial charge in [-0.2, -0.15) is 0 Å².